The summed E-state index contributed by atoms with van der Waals surface area (Å²) in [5.74, 6) is -1.26. The third-order valence-electron chi connectivity index (χ3n) is 2.31. The maximum atomic E-state index is 10.7. The largest absolute Gasteiger partial charge is 1.00 e. The van der Waals surface area contributed by atoms with Crippen molar-refractivity contribution < 1.29 is 71.4 Å². The zero-order valence-corrected chi connectivity index (χ0v) is 14.6. The molecule has 0 bridgehead atoms. The Balaban J connectivity index is 0. The number of halogens is 1. The van der Waals surface area contributed by atoms with E-state index >= 15 is 0 Å². The molecular weight excluding hydrogens is 309 g/mol. The van der Waals surface area contributed by atoms with E-state index in [1.54, 1.807) is 29.0 Å². The molecule has 0 fully saturated rings. The molecule has 0 amide bonds. The summed E-state index contributed by atoms with van der Waals surface area (Å²) in [6.45, 7) is 0.613. The molecule has 1 aromatic rings. The minimum atomic E-state index is -1.26. The van der Waals surface area contributed by atoms with Gasteiger partial charge in [0.15, 0.2) is 18.9 Å². The number of hydrogen-bond donors (Lipinski definition) is 2. The van der Waals surface area contributed by atoms with Gasteiger partial charge in [0.1, 0.15) is 6.10 Å². The van der Waals surface area contributed by atoms with Crippen LogP contribution < -0.4 is 51.6 Å². The molecule has 1 atom stereocenters. The van der Waals surface area contributed by atoms with Crippen molar-refractivity contribution in [3.05, 3.63) is 42.2 Å². The fraction of sp³-hybridized carbons (Fsp3) is 0.385. The SMILES string of the molecule is O=C([O-])c1ccc[n+](CC(O)COCC=CCO)c1.[Cl-].[Na+]. The van der Waals surface area contributed by atoms with Crippen LogP contribution in [0.5, 0.6) is 0 Å². The van der Waals surface area contributed by atoms with E-state index in [4.69, 9.17) is 9.84 Å². The Morgan fingerprint density at radius 3 is 2.81 bits per heavy atom. The number of carboxylic acids is 1. The van der Waals surface area contributed by atoms with E-state index in [2.05, 4.69) is 0 Å². The van der Waals surface area contributed by atoms with Crippen LogP contribution in [0.1, 0.15) is 10.4 Å². The van der Waals surface area contributed by atoms with Crippen LogP contribution in [-0.4, -0.2) is 42.1 Å². The maximum Gasteiger partial charge on any atom is 1.00 e. The van der Waals surface area contributed by atoms with Gasteiger partial charge in [-0.3, -0.25) is 0 Å². The summed E-state index contributed by atoms with van der Waals surface area (Å²) in [5, 5.41) is 28.9. The van der Waals surface area contributed by atoms with Crippen molar-refractivity contribution in [3.63, 3.8) is 0 Å². The monoisotopic (exact) mass is 325 g/mol. The van der Waals surface area contributed by atoms with Crippen molar-refractivity contribution >= 4 is 5.97 Å². The van der Waals surface area contributed by atoms with Crippen molar-refractivity contribution in [2.75, 3.05) is 19.8 Å². The second-order valence-corrected chi connectivity index (χ2v) is 3.92. The van der Waals surface area contributed by atoms with Gasteiger partial charge in [0, 0.05) is 6.07 Å². The third-order valence-corrected chi connectivity index (χ3v) is 2.31. The smallest absolute Gasteiger partial charge is 1.00 e. The Hall–Kier alpha value is -0.470. The number of carboxylic acid groups (broad SMARTS) is 1. The molecule has 1 unspecified atom stereocenters. The number of aromatic nitrogens is 1. The molecule has 6 nitrogen and oxygen atoms in total. The number of aromatic carboxylic acids is 1. The van der Waals surface area contributed by atoms with Crippen molar-refractivity contribution in [3.8, 4) is 0 Å². The number of carbonyl (C=O) groups is 1. The zero-order valence-electron chi connectivity index (χ0n) is 11.8. The van der Waals surface area contributed by atoms with Gasteiger partial charge in [-0.2, -0.15) is 0 Å². The molecule has 0 aliphatic carbocycles. The van der Waals surface area contributed by atoms with Gasteiger partial charge >= 0.3 is 29.6 Å². The van der Waals surface area contributed by atoms with Crippen molar-refractivity contribution in [1.82, 2.24) is 0 Å². The number of hydrogen-bond acceptors (Lipinski definition) is 5. The van der Waals surface area contributed by atoms with Crippen molar-refractivity contribution in [2.45, 2.75) is 12.6 Å². The van der Waals surface area contributed by atoms with Gasteiger partial charge in [0.05, 0.1) is 31.4 Å². The van der Waals surface area contributed by atoms with Crippen LogP contribution in [0.25, 0.3) is 0 Å². The maximum absolute atomic E-state index is 10.7. The molecule has 0 saturated heterocycles. The molecule has 1 rings (SSSR count). The fourth-order valence-electron chi connectivity index (χ4n) is 1.47. The Morgan fingerprint density at radius 1 is 1.48 bits per heavy atom. The van der Waals surface area contributed by atoms with Crippen molar-refractivity contribution in [1.29, 1.82) is 0 Å². The molecule has 112 valence electrons. The van der Waals surface area contributed by atoms with Gasteiger partial charge in [-0.25, -0.2) is 4.57 Å². The Bertz CT molecular complexity index is 444. The molecule has 2 N–H and O–H groups in total. The second-order valence-electron chi connectivity index (χ2n) is 3.92. The summed E-state index contributed by atoms with van der Waals surface area (Å²) in [5.41, 5.74) is 0.0569. The predicted octanol–water partition coefficient (Wildman–Crippen LogP) is -7.73. The number of pyridine rings is 1. The molecule has 0 spiro atoms. The first kappa shape index (κ1) is 22.8. The molecule has 21 heavy (non-hydrogen) atoms. The molecule has 0 aromatic carbocycles. The fourth-order valence-corrected chi connectivity index (χ4v) is 1.47. The van der Waals surface area contributed by atoms with Gasteiger partial charge in [0.25, 0.3) is 0 Å². The van der Waals surface area contributed by atoms with Crippen LogP contribution in [0, 0.1) is 0 Å². The van der Waals surface area contributed by atoms with Crippen LogP contribution in [-0.2, 0) is 11.3 Å². The van der Waals surface area contributed by atoms with E-state index in [0.717, 1.165) is 0 Å². The molecular formula is C13H17ClNNaO5. The standard InChI is InChI=1S/C13H17NO5.ClH.Na/c15-6-1-2-7-19-10-12(16)9-14-5-3-4-11(8-14)13(17)18;;/h1-5,8,12,15-16H,6-7,9-10H2;1H;/q;;+1/p-1. The van der Waals surface area contributed by atoms with Gasteiger partial charge in [0.2, 0.25) is 0 Å². The Kier molecular flexibility index (Phi) is 14.3. The van der Waals surface area contributed by atoms with Gasteiger partial charge in [-0.15, -0.1) is 0 Å². The first-order valence-electron chi connectivity index (χ1n) is 5.85. The van der Waals surface area contributed by atoms with Gasteiger partial charge in [-0.1, -0.05) is 12.2 Å². The van der Waals surface area contributed by atoms with E-state index in [-0.39, 0.29) is 67.3 Å². The van der Waals surface area contributed by atoms with Gasteiger partial charge < -0.3 is 37.3 Å². The summed E-state index contributed by atoms with van der Waals surface area (Å²) < 4.78 is 6.72. The number of ether oxygens (including phenoxy) is 1. The minimum Gasteiger partial charge on any atom is -1.00 e. The normalized spacial score (nSPS) is 11.5. The summed E-state index contributed by atoms with van der Waals surface area (Å²) in [6.07, 6.45) is 5.50. The Labute approximate surface area is 151 Å². The van der Waals surface area contributed by atoms with Crippen LogP contribution in [0.2, 0.25) is 0 Å². The number of aliphatic hydroxyl groups excluding tert-OH is 2. The topological polar surface area (TPSA) is 93.7 Å². The average molecular weight is 326 g/mol. The molecule has 8 heteroatoms. The number of nitrogens with zero attached hydrogens (tertiary/aromatic N) is 1. The molecule has 0 aliphatic heterocycles. The molecule has 1 heterocycles. The first-order chi connectivity index (χ1) is 9.13. The first-order valence-corrected chi connectivity index (χ1v) is 5.85. The van der Waals surface area contributed by atoms with Crippen LogP contribution >= 0.6 is 0 Å². The summed E-state index contributed by atoms with van der Waals surface area (Å²) >= 11 is 0. The van der Waals surface area contributed by atoms with E-state index in [1.807, 2.05) is 0 Å². The van der Waals surface area contributed by atoms with E-state index in [9.17, 15) is 15.0 Å². The van der Waals surface area contributed by atoms with Crippen LogP contribution in [0.15, 0.2) is 36.7 Å². The quantitative estimate of drug-likeness (QED) is 0.214. The number of carbonyl (C=O) groups excluding carboxylic acids is 1. The summed E-state index contributed by atoms with van der Waals surface area (Å²) in [7, 11) is 0. The third kappa shape index (κ3) is 9.97. The minimum absolute atomic E-state index is 0. The van der Waals surface area contributed by atoms with E-state index < -0.39 is 12.1 Å². The van der Waals surface area contributed by atoms with E-state index in [0.29, 0.717) is 6.61 Å². The average Bonchev–Trinajstić information content (AvgIpc) is 2.38. The molecule has 0 radical (unpaired) electrons. The molecule has 0 aliphatic rings. The number of rotatable bonds is 8. The van der Waals surface area contributed by atoms with E-state index in [1.165, 1.54) is 12.3 Å². The number of aliphatic hydroxyl groups is 2. The zero-order chi connectivity index (χ0) is 14.1. The Morgan fingerprint density at radius 2 is 2.19 bits per heavy atom. The second kappa shape index (κ2) is 13.2. The van der Waals surface area contributed by atoms with Crippen LogP contribution in [0.3, 0.4) is 0 Å². The van der Waals surface area contributed by atoms with Crippen LogP contribution in [0.4, 0.5) is 0 Å². The van der Waals surface area contributed by atoms with Gasteiger partial charge in [-0.05, 0) is 6.07 Å². The predicted molar refractivity (Wildman–Crippen MR) is 64.0 cm³/mol. The molecule has 1 aromatic heterocycles. The summed E-state index contributed by atoms with van der Waals surface area (Å²) in [6, 6.07) is 3.00. The van der Waals surface area contributed by atoms with Crippen molar-refractivity contribution in [2.24, 2.45) is 0 Å². The summed E-state index contributed by atoms with van der Waals surface area (Å²) in [4.78, 5) is 10.7. The molecule has 0 saturated carbocycles.